The van der Waals surface area contributed by atoms with Crippen molar-refractivity contribution in [2.45, 2.75) is 38.6 Å². The molecule has 0 radical (unpaired) electrons. The molecule has 4 nitrogen and oxygen atoms in total. The van der Waals surface area contributed by atoms with Gasteiger partial charge in [0.05, 0.1) is 18.1 Å². The highest BCUT2D eigenvalue weighted by Crippen LogP contribution is 2.40. The summed E-state index contributed by atoms with van der Waals surface area (Å²) in [6, 6.07) is 15.3. The summed E-state index contributed by atoms with van der Waals surface area (Å²) in [6.07, 6.45) is 2.59. The molecule has 1 unspecified atom stereocenters. The molecule has 0 saturated carbocycles. The van der Waals surface area contributed by atoms with Crippen LogP contribution in [0.1, 0.15) is 48.2 Å². The van der Waals surface area contributed by atoms with Crippen LogP contribution in [0.4, 0.5) is 0 Å². The molecular formula is C21H22O4. The third-order valence-corrected chi connectivity index (χ3v) is 4.87. The Balaban J connectivity index is 1.59. The summed E-state index contributed by atoms with van der Waals surface area (Å²) in [6.45, 7) is 2.65. The molecule has 2 aromatic carbocycles. The maximum absolute atomic E-state index is 12.8. The van der Waals surface area contributed by atoms with Crippen molar-refractivity contribution >= 4 is 5.78 Å². The smallest absolute Gasteiger partial charge is 0.199 e. The van der Waals surface area contributed by atoms with E-state index in [0.29, 0.717) is 17.1 Å². The minimum atomic E-state index is -0.276. The molecule has 2 aromatic rings. The maximum Gasteiger partial charge on any atom is 0.199 e. The summed E-state index contributed by atoms with van der Waals surface area (Å²) in [4.78, 5) is 12.8. The van der Waals surface area contributed by atoms with Crippen molar-refractivity contribution in [3.05, 3.63) is 59.7 Å². The number of Topliss-reactive ketones (excluding diaryl/α,β-unsaturated/α-hetero) is 1. The van der Waals surface area contributed by atoms with Crippen molar-refractivity contribution in [1.82, 2.24) is 0 Å². The average Bonchev–Trinajstić information content (AvgIpc) is 2.66. The number of hydrogen-bond donors (Lipinski definition) is 0. The summed E-state index contributed by atoms with van der Waals surface area (Å²) >= 11 is 0. The molecule has 0 amide bonds. The average molecular weight is 338 g/mol. The van der Waals surface area contributed by atoms with Crippen LogP contribution in [0.25, 0.3) is 0 Å². The number of fused-ring (bicyclic) bond motifs is 1. The number of ketones is 1. The van der Waals surface area contributed by atoms with Gasteiger partial charge < -0.3 is 14.2 Å². The number of benzene rings is 2. The van der Waals surface area contributed by atoms with Crippen LogP contribution in [-0.2, 0) is 4.74 Å². The second-order valence-electron chi connectivity index (χ2n) is 6.67. The fourth-order valence-corrected chi connectivity index (χ4v) is 3.45. The minimum absolute atomic E-state index is 0.107. The van der Waals surface area contributed by atoms with Crippen LogP contribution in [0.5, 0.6) is 11.5 Å². The Morgan fingerprint density at radius 2 is 1.92 bits per heavy atom. The lowest BCUT2D eigenvalue weighted by Gasteiger charge is -2.31. The van der Waals surface area contributed by atoms with Gasteiger partial charge in [-0.15, -0.1) is 0 Å². The predicted octanol–water partition coefficient (Wildman–Crippen LogP) is 4.54. The Hall–Kier alpha value is -2.33. The normalized spacial score (nSPS) is 25.8. The van der Waals surface area contributed by atoms with Gasteiger partial charge in [-0.05, 0) is 30.5 Å². The zero-order valence-electron chi connectivity index (χ0n) is 14.3. The molecule has 4 rings (SSSR count). The zero-order valence-corrected chi connectivity index (χ0v) is 14.3. The van der Waals surface area contributed by atoms with E-state index >= 15 is 0 Å². The van der Waals surface area contributed by atoms with E-state index in [0.717, 1.165) is 31.4 Å². The van der Waals surface area contributed by atoms with Gasteiger partial charge in [-0.2, -0.15) is 0 Å². The number of rotatable bonds is 3. The van der Waals surface area contributed by atoms with Gasteiger partial charge in [-0.3, -0.25) is 4.79 Å². The zero-order chi connectivity index (χ0) is 17.2. The van der Waals surface area contributed by atoms with Crippen LogP contribution in [-0.4, -0.2) is 18.7 Å². The largest absolute Gasteiger partial charge is 0.484 e. The second-order valence-corrected chi connectivity index (χ2v) is 6.67. The minimum Gasteiger partial charge on any atom is -0.484 e. The Labute approximate surface area is 147 Å². The third-order valence-electron chi connectivity index (χ3n) is 4.87. The summed E-state index contributed by atoms with van der Waals surface area (Å²) in [5, 5.41) is 0. The van der Waals surface area contributed by atoms with Gasteiger partial charge in [0.2, 0.25) is 0 Å². The van der Waals surface area contributed by atoms with Gasteiger partial charge in [0.15, 0.2) is 12.1 Å². The van der Waals surface area contributed by atoms with Crippen molar-refractivity contribution in [3.8, 4) is 11.5 Å². The molecule has 2 heterocycles. The van der Waals surface area contributed by atoms with Crippen LogP contribution in [0.15, 0.2) is 48.5 Å². The quantitative estimate of drug-likeness (QED) is 0.824. The Morgan fingerprint density at radius 3 is 2.68 bits per heavy atom. The van der Waals surface area contributed by atoms with E-state index in [4.69, 9.17) is 14.2 Å². The molecule has 3 atom stereocenters. The molecule has 130 valence electrons. The number of carbonyl (C=O) groups is 1. The summed E-state index contributed by atoms with van der Waals surface area (Å²) < 4.78 is 17.7. The lowest BCUT2D eigenvalue weighted by Crippen LogP contribution is -2.30. The first-order chi connectivity index (χ1) is 12.2. The van der Waals surface area contributed by atoms with Crippen LogP contribution in [0, 0.1) is 5.92 Å². The number of hydrogen-bond acceptors (Lipinski definition) is 4. The monoisotopic (exact) mass is 338 g/mol. The van der Waals surface area contributed by atoms with E-state index in [2.05, 4.69) is 0 Å². The van der Waals surface area contributed by atoms with E-state index < -0.39 is 0 Å². The van der Waals surface area contributed by atoms with Crippen molar-refractivity contribution in [2.24, 2.45) is 5.92 Å². The maximum atomic E-state index is 12.8. The number of carbonyl (C=O) groups excluding carboxylic acids is 1. The molecule has 0 N–H and O–H groups in total. The topological polar surface area (TPSA) is 44.8 Å². The van der Waals surface area contributed by atoms with Gasteiger partial charge >= 0.3 is 0 Å². The first-order valence-corrected chi connectivity index (χ1v) is 8.90. The Bertz CT molecular complexity index is 750. The molecule has 1 saturated heterocycles. The fourth-order valence-electron chi connectivity index (χ4n) is 3.45. The molecular weight excluding hydrogens is 316 g/mol. The van der Waals surface area contributed by atoms with E-state index in [-0.39, 0.29) is 24.1 Å². The van der Waals surface area contributed by atoms with E-state index in [9.17, 15) is 4.79 Å². The summed E-state index contributed by atoms with van der Waals surface area (Å²) in [5.74, 6) is 1.16. The van der Waals surface area contributed by atoms with Crippen molar-refractivity contribution in [1.29, 1.82) is 0 Å². The predicted molar refractivity (Wildman–Crippen MR) is 94.0 cm³/mol. The van der Waals surface area contributed by atoms with Gasteiger partial charge in [-0.25, -0.2) is 0 Å². The Kier molecular flexibility index (Phi) is 4.45. The van der Waals surface area contributed by atoms with Gasteiger partial charge in [0.1, 0.15) is 17.6 Å². The van der Waals surface area contributed by atoms with Crippen LogP contribution in [0.2, 0.25) is 0 Å². The molecule has 0 aromatic heterocycles. The molecule has 4 heteroatoms. The second kappa shape index (κ2) is 6.89. The van der Waals surface area contributed by atoms with E-state index in [1.54, 1.807) is 6.07 Å². The van der Waals surface area contributed by atoms with E-state index in [1.165, 1.54) is 0 Å². The van der Waals surface area contributed by atoms with Gasteiger partial charge in [-0.1, -0.05) is 37.3 Å². The lowest BCUT2D eigenvalue weighted by atomic mass is 9.87. The van der Waals surface area contributed by atoms with Gasteiger partial charge in [0.25, 0.3) is 0 Å². The Morgan fingerprint density at radius 1 is 1.08 bits per heavy atom. The first kappa shape index (κ1) is 16.2. The third kappa shape index (κ3) is 3.27. The molecule has 0 bridgehead atoms. The van der Waals surface area contributed by atoms with Gasteiger partial charge in [0, 0.05) is 12.5 Å². The fraction of sp³-hybridized carbons (Fsp3) is 0.381. The van der Waals surface area contributed by atoms with Crippen LogP contribution >= 0.6 is 0 Å². The standard InChI is InChI=1S/C21H22O4/c1-14-20(22)17-11-10-16(24-19-9-5-6-12-23-19)13-18(17)25-21(14)15-7-3-2-4-8-15/h2-4,7-8,10-11,13-14,19,21H,5-6,9,12H2,1H3/t14-,19?,21-/m1/s1. The molecule has 25 heavy (non-hydrogen) atoms. The summed E-state index contributed by atoms with van der Waals surface area (Å²) in [5.41, 5.74) is 1.63. The molecule has 0 spiro atoms. The molecule has 2 aliphatic heterocycles. The molecule has 0 aliphatic carbocycles. The molecule has 2 aliphatic rings. The highest BCUT2D eigenvalue weighted by Gasteiger charge is 2.35. The molecule has 1 fully saturated rings. The number of ether oxygens (including phenoxy) is 3. The van der Waals surface area contributed by atoms with E-state index in [1.807, 2.05) is 49.4 Å². The van der Waals surface area contributed by atoms with Crippen LogP contribution in [0.3, 0.4) is 0 Å². The lowest BCUT2D eigenvalue weighted by molar-refractivity contribution is -0.106. The summed E-state index contributed by atoms with van der Waals surface area (Å²) in [7, 11) is 0. The van der Waals surface area contributed by atoms with Crippen molar-refractivity contribution in [2.75, 3.05) is 6.61 Å². The highest BCUT2D eigenvalue weighted by molar-refractivity contribution is 6.01. The SMILES string of the molecule is C[C@@H]1C(=O)c2ccc(OC3CCCCO3)cc2O[C@H]1c1ccccc1. The van der Waals surface area contributed by atoms with Crippen molar-refractivity contribution < 1.29 is 19.0 Å². The van der Waals surface area contributed by atoms with Crippen molar-refractivity contribution in [3.63, 3.8) is 0 Å². The van der Waals surface area contributed by atoms with Crippen LogP contribution < -0.4 is 9.47 Å². The first-order valence-electron chi connectivity index (χ1n) is 8.90. The highest BCUT2D eigenvalue weighted by atomic mass is 16.7.